The Hall–Kier alpha value is -4.05. The number of hydrogen-bond donors (Lipinski definition) is 2. The molecule has 1 fully saturated rings. The fourth-order valence-electron chi connectivity index (χ4n) is 4.54. The number of carboxylic acid groups (broad SMARTS) is 2. The number of carbonyl (C=O) groups excluding carboxylic acids is 2. The molecule has 0 atom stereocenters. The van der Waals surface area contributed by atoms with E-state index < -0.39 is 11.9 Å². The number of rotatable bonds is 9. The number of halogens is 1. The molecule has 2 N–H and O–H groups in total. The van der Waals surface area contributed by atoms with Crippen molar-refractivity contribution in [1.82, 2.24) is 9.80 Å². The molecule has 39 heavy (non-hydrogen) atoms. The topological polar surface area (TPSA) is 124 Å². The second-order valence-corrected chi connectivity index (χ2v) is 9.83. The molecule has 1 saturated heterocycles. The standard InChI is InChI=1S/C25H29FN2O3.C4H4O4/c1-17(2)31-22-8-5-20-15-28(25(30)23(20)13-22)14-18-9-11-27(12-10-18)16-24(29)19-3-6-21(26)7-4-19;5-3(6)1-2-4(7)8/h3-8,13,17-18H,9-12,14-16H2,1-2H3;1-2H,(H,5,6)(H,7,8)/b;2-1+. The SMILES string of the molecule is CC(C)Oc1ccc2c(c1)C(=O)N(CC1CCN(CC(=O)c3ccc(F)cc3)CC1)C2.O=C(O)/C=C/C(=O)O. The van der Waals surface area contributed by atoms with Crippen LogP contribution >= 0.6 is 0 Å². The van der Waals surface area contributed by atoms with Crippen molar-refractivity contribution in [2.45, 2.75) is 39.3 Å². The molecular formula is C29H33FN2O7. The van der Waals surface area contributed by atoms with Crippen molar-refractivity contribution in [2.75, 3.05) is 26.2 Å². The first kappa shape index (κ1) is 29.5. The summed E-state index contributed by atoms with van der Waals surface area (Å²) < 4.78 is 18.8. The Labute approximate surface area is 226 Å². The van der Waals surface area contributed by atoms with E-state index in [0.29, 0.717) is 36.7 Å². The van der Waals surface area contributed by atoms with Crippen LogP contribution in [0.15, 0.2) is 54.6 Å². The highest BCUT2D eigenvalue weighted by Crippen LogP contribution is 2.29. The van der Waals surface area contributed by atoms with Crippen LogP contribution in [-0.4, -0.2) is 75.9 Å². The molecule has 208 valence electrons. The smallest absolute Gasteiger partial charge is 0.328 e. The van der Waals surface area contributed by atoms with Crippen LogP contribution in [0.4, 0.5) is 4.39 Å². The number of aliphatic carboxylic acids is 2. The minimum absolute atomic E-state index is 0.0167. The number of carbonyl (C=O) groups is 4. The number of piperidine rings is 1. The maximum absolute atomic E-state index is 13.0. The van der Waals surface area contributed by atoms with Crippen LogP contribution in [0.5, 0.6) is 5.75 Å². The van der Waals surface area contributed by atoms with Gasteiger partial charge in [-0.3, -0.25) is 14.5 Å². The summed E-state index contributed by atoms with van der Waals surface area (Å²) in [5, 5.41) is 15.6. The van der Waals surface area contributed by atoms with E-state index in [-0.39, 0.29) is 23.6 Å². The van der Waals surface area contributed by atoms with Gasteiger partial charge in [-0.25, -0.2) is 14.0 Å². The normalized spacial score (nSPS) is 15.7. The molecule has 2 aromatic carbocycles. The average molecular weight is 541 g/mol. The van der Waals surface area contributed by atoms with E-state index in [9.17, 15) is 23.6 Å². The van der Waals surface area contributed by atoms with Crippen LogP contribution in [0, 0.1) is 11.7 Å². The van der Waals surface area contributed by atoms with Gasteiger partial charge >= 0.3 is 11.9 Å². The quantitative estimate of drug-likeness (QED) is 0.363. The summed E-state index contributed by atoms with van der Waals surface area (Å²) in [6.07, 6.45) is 3.10. The van der Waals surface area contributed by atoms with Crippen molar-refractivity contribution in [3.8, 4) is 5.75 Å². The van der Waals surface area contributed by atoms with Crippen LogP contribution in [-0.2, 0) is 16.1 Å². The predicted molar refractivity (Wildman–Crippen MR) is 141 cm³/mol. The molecule has 0 bridgehead atoms. The summed E-state index contributed by atoms with van der Waals surface area (Å²) in [6.45, 7) is 7.36. The number of likely N-dealkylation sites (tertiary alicyclic amines) is 1. The van der Waals surface area contributed by atoms with Crippen LogP contribution in [0.1, 0.15) is 53.0 Å². The molecule has 0 aliphatic carbocycles. The molecule has 1 amide bonds. The summed E-state index contributed by atoms with van der Waals surface area (Å²) in [7, 11) is 0. The lowest BCUT2D eigenvalue weighted by Crippen LogP contribution is -2.40. The van der Waals surface area contributed by atoms with Crippen LogP contribution in [0.25, 0.3) is 0 Å². The number of Topliss-reactive ketones (excluding diaryl/α,β-unsaturated/α-hetero) is 1. The Morgan fingerprint density at radius 2 is 1.64 bits per heavy atom. The van der Waals surface area contributed by atoms with Crippen molar-refractivity contribution in [2.24, 2.45) is 5.92 Å². The number of ether oxygens (including phenoxy) is 1. The lowest BCUT2D eigenvalue weighted by Gasteiger charge is -2.33. The number of fused-ring (bicyclic) bond motifs is 1. The van der Waals surface area contributed by atoms with Gasteiger partial charge in [0.1, 0.15) is 11.6 Å². The molecule has 0 radical (unpaired) electrons. The molecule has 4 rings (SSSR count). The fourth-order valence-corrected chi connectivity index (χ4v) is 4.54. The second-order valence-electron chi connectivity index (χ2n) is 9.83. The van der Waals surface area contributed by atoms with Gasteiger partial charge in [0.25, 0.3) is 5.91 Å². The highest BCUT2D eigenvalue weighted by molar-refractivity contribution is 5.99. The van der Waals surface area contributed by atoms with E-state index in [2.05, 4.69) is 4.90 Å². The van der Waals surface area contributed by atoms with Gasteiger partial charge in [-0.15, -0.1) is 0 Å². The summed E-state index contributed by atoms with van der Waals surface area (Å²) in [5.74, 6) is -1.58. The molecule has 2 heterocycles. The average Bonchev–Trinajstić information content (AvgIpc) is 3.19. The largest absolute Gasteiger partial charge is 0.491 e. The summed E-state index contributed by atoms with van der Waals surface area (Å²) in [5.41, 5.74) is 2.36. The molecule has 0 aromatic heterocycles. The van der Waals surface area contributed by atoms with Gasteiger partial charge in [-0.1, -0.05) is 6.07 Å². The number of carboxylic acids is 2. The molecule has 9 nitrogen and oxygen atoms in total. The first-order chi connectivity index (χ1) is 18.5. The zero-order valence-corrected chi connectivity index (χ0v) is 22.0. The van der Waals surface area contributed by atoms with E-state index in [1.54, 1.807) is 12.1 Å². The summed E-state index contributed by atoms with van der Waals surface area (Å²) in [4.78, 5) is 48.5. The second kappa shape index (κ2) is 13.7. The predicted octanol–water partition coefficient (Wildman–Crippen LogP) is 3.88. The van der Waals surface area contributed by atoms with Gasteiger partial charge in [0.2, 0.25) is 0 Å². The molecule has 2 aromatic rings. The minimum atomic E-state index is -1.26. The number of nitrogens with zero attached hydrogens (tertiary/aromatic N) is 2. The first-order valence-electron chi connectivity index (χ1n) is 12.8. The molecular weight excluding hydrogens is 507 g/mol. The molecule has 2 aliphatic rings. The van der Waals surface area contributed by atoms with Crippen molar-refractivity contribution >= 4 is 23.6 Å². The molecule has 10 heteroatoms. The van der Waals surface area contributed by atoms with Gasteiger partial charge in [0.05, 0.1) is 12.6 Å². The monoisotopic (exact) mass is 540 g/mol. The van der Waals surface area contributed by atoms with E-state index in [1.165, 1.54) is 12.1 Å². The van der Waals surface area contributed by atoms with Crippen molar-refractivity contribution in [3.05, 3.63) is 77.1 Å². The Balaban J connectivity index is 0.000000459. The minimum Gasteiger partial charge on any atom is -0.491 e. The highest BCUT2D eigenvalue weighted by atomic mass is 19.1. The molecule has 2 aliphatic heterocycles. The van der Waals surface area contributed by atoms with Crippen LogP contribution in [0.2, 0.25) is 0 Å². The third-order valence-corrected chi connectivity index (χ3v) is 6.42. The number of benzene rings is 2. The molecule has 0 saturated carbocycles. The fraction of sp³-hybridized carbons (Fsp3) is 0.379. The number of ketones is 1. The Morgan fingerprint density at radius 1 is 1.03 bits per heavy atom. The van der Waals surface area contributed by atoms with Crippen molar-refractivity contribution in [3.63, 3.8) is 0 Å². The third kappa shape index (κ3) is 9.03. The summed E-state index contributed by atoms with van der Waals surface area (Å²) >= 11 is 0. The van der Waals surface area contributed by atoms with E-state index >= 15 is 0 Å². The van der Waals surface area contributed by atoms with Gasteiger partial charge < -0.3 is 19.8 Å². The zero-order valence-electron chi connectivity index (χ0n) is 22.0. The van der Waals surface area contributed by atoms with Crippen LogP contribution < -0.4 is 4.74 Å². The number of amides is 1. The van der Waals surface area contributed by atoms with Crippen molar-refractivity contribution in [1.29, 1.82) is 0 Å². The molecule has 0 unspecified atom stereocenters. The Morgan fingerprint density at radius 3 is 2.21 bits per heavy atom. The Bertz CT molecular complexity index is 1200. The van der Waals surface area contributed by atoms with Gasteiger partial charge in [-0.2, -0.15) is 0 Å². The van der Waals surface area contributed by atoms with E-state index in [0.717, 1.165) is 49.4 Å². The maximum atomic E-state index is 13.0. The van der Waals surface area contributed by atoms with Crippen LogP contribution in [0.3, 0.4) is 0 Å². The maximum Gasteiger partial charge on any atom is 0.328 e. The lowest BCUT2D eigenvalue weighted by molar-refractivity contribution is -0.134. The summed E-state index contributed by atoms with van der Waals surface area (Å²) in [6, 6.07) is 11.5. The van der Waals surface area contributed by atoms with Gasteiger partial charge in [0, 0.05) is 36.4 Å². The van der Waals surface area contributed by atoms with Gasteiger partial charge in [-0.05, 0) is 87.7 Å². The zero-order chi connectivity index (χ0) is 28.5. The van der Waals surface area contributed by atoms with E-state index in [4.69, 9.17) is 14.9 Å². The lowest BCUT2D eigenvalue weighted by atomic mass is 9.95. The van der Waals surface area contributed by atoms with E-state index in [1.807, 2.05) is 36.9 Å². The van der Waals surface area contributed by atoms with Gasteiger partial charge in [0.15, 0.2) is 5.78 Å². The molecule has 0 spiro atoms. The van der Waals surface area contributed by atoms with Crippen molar-refractivity contribution < 1.29 is 38.5 Å². The first-order valence-corrected chi connectivity index (χ1v) is 12.8. The third-order valence-electron chi connectivity index (χ3n) is 6.42. The Kier molecular flexibility index (Phi) is 10.3. The number of hydrogen-bond acceptors (Lipinski definition) is 6. The highest BCUT2D eigenvalue weighted by Gasteiger charge is 2.31.